The highest BCUT2D eigenvalue weighted by molar-refractivity contribution is 5.78. The second-order valence-electron chi connectivity index (χ2n) is 6.58. The number of amides is 2. The Morgan fingerprint density at radius 2 is 2.10 bits per heavy atom. The van der Waals surface area contributed by atoms with Crippen molar-refractivity contribution in [1.29, 1.82) is 5.26 Å². The standard InChI is InChI=1S/C15H25N3O3/c1-11-6-8-18(13(19)5-7-16)10-12(11)9-17-14(20)21-15(2,3)4/h11-12H,5-6,8-10H2,1-4H3,(H,17,20)/t11-,12-/m0/s1. The number of ether oxygens (including phenoxy) is 1. The van der Waals surface area contributed by atoms with E-state index in [1.54, 1.807) is 4.90 Å². The van der Waals surface area contributed by atoms with Crippen LogP contribution >= 0.6 is 0 Å². The number of nitriles is 1. The molecule has 0 spiro atoms. The highest BCUT2D eigenvalue weighted by Gasteiger charge is 2.29. The molecule has 118 valence electrons. The maximum atomic E-state index is 11.8. The van der Waals surface area contributed by atoms with E-state index in [-0.39, 0.29) is 18.2 Å². The first-order chi connectivity index (χ1) is 9.73. The van der Waals surface area contributed by atoms with Crippen molar-refractivity contribution in [2.75, 3.05) is 19.6 Å². The number of piperidine rings is 1. The van der Waals surface area contributed by atoms with Crippen LogP contribution < -0.4 is 5.32 Å². The Labute approximate surface area is 126 Å². The Morgan fingerprint density at radius 1 is 1.43 bits per heavy atom. The maximum absolute atomic E-state index is 11.8. The van der Waals surface area contributed by atoms with Gasteiger partial charge in [0.15, 0.2) is 0 Å². The third kappa shape index (κ3) is 6.03. The van der Waals surface area contributed by atoms with E-state index in [4.69, 9.17) is 10.00 Å². The number of carbonyl (C=O) groups is 2. The van der Waals surface area contributed by atoms with Gasteiger partial charge >= 0.3 is 6.09 Å². The van der Waals surface area contributed by atoms with Gasteiger partial charge in [-0.1, -0.05) is 6.92 Å². The summed E-state index contributed by atoms with van der Waals surface area (Å²) in [6.07, 6.45) is 0.369. The van der Waals surface area contributed by atoms with Crippen LogP contribution in [0, 0.1) is 23.2 Å². The monoisotopic (exact) mass is 295 g/mol. The Bertz CT molecular complexity index is 423. The third-order valence-electron chi connectivity index (χ3n) is 3.60. The molecule has 2 amide bonds. The first-order valence-electron chi connectivity index (χ1n) is 7.34. The molecule has 0 aliphatic carbocycles. The lowest BCUT2D eigenvalue weighted by atomic mass is 9.87. The van der Waals surface area contributed by atoms with E-state index in [1.165, 1.54) is 0 Å². The number of nitrogens with one attached hydrogen (secondary N) is 1. The van der Waals surface area contributed by atoms with E-state index < -0.39 is 11.7 Å². The zero-order chi connectivity index (χ0) is 16.0. The van der Waals surface area contributed by atoms with Gasteiger partial charge in [-0.3, -0.25) is 4.79 Å². The molecule has 0 aromatic heterocycles. The van der Waals surface area contributed by atoms with Gasteiger partial charge in [0.2, 0.25) is 5.91 Å². The fourth-order valence-electron chi connectivity index (χ4n) is 2.35. The lowest BCUT2D eigenvalue weighted by Crippen LogP contribution is -2.47. The van der Waals surface area contributed by atoms with Crippen LogP contribution in [0.15, 0.2) is 0 Å². The molecule has 0 unspecified atom stereocenters. The highest BCUT2D eigenvalue weighted by atomic mass is 16.6. The molecule has 0 aromatic rings. The van der Waals surface area contributed by atoms with E-state index in [0.717, 1.165) is 6.42 Å². The smallest absolute Gasteiger partial charge is 0.407 e. The maximum Gasteiger partial charge on any atom is 0.407 e. The van der Waals surface area contributed by atoms with Crippen molar-refractivity contribution in [3.8, 4) is 6.07 Å². The Kier molecular flexibility index (Phi) is 6.01. The Balaban J connectivity index is 2.47. The molecule has 0 saturated carbocycles. The summed E-state index contributed by atoms with van der Waals surface area (Å²) in [6, 6.07) is 1.89. The zero-order valence-corrected chi connectivity index (χ0v) is 13.3. The molecule has 6 heteroatoms. The molecule has 1 aliphatic heterocycles. The molecule has 0 radical (unpaired) electrons. The topological polar surface area (TPSA) is 82.4 Å². The normalized spacial score (nSPS) is 22.3. The lowest BCUT2D eigenvalue weighted by molar-refractivity contribution is -0.132. The second-order valence-corrected chi connectivity index (χ2v) is 6.58. The minimum atomic E-state index is -0.517. The largest absolute Gasteiger partial charge is 0.444 e. The van der Waals surface area contributed by atoms with E-state index in [9.17, 15) is 9.59 Å². The first kappa shape index (κ1) is 17.3. The van der Waals surface area contributed by atoms with Crippen molar-refractivity contribution in [2.24, 2.45) is 11.8 Å². The quantitative estimate of drug-likeness (QED) is 0.862. The van der Waals surface area contributed by atoms with Crippen LogP contribution in [0.1, 0.15) is 40.5 Å². The minimum absolute atomic E-state index is 0.0827. The van der Waals surface area contributed by atoms with Crippen LogP contribution in [-0.2, 0) is 9.53 Å². The Hall–Kier alpha value is -1.77. The van der Waals surface area contributed by atoms with Gasteiger partial charge in [-0.05, 0) is 39.0 Å². The molecule has 6 nitrogen and oxygen atoms in total. The average Bonchev–Trinajstić information content (AvgIpc) is 2.36. The molecular formula is C15H25N3O3. The van der Waals surface area contributed by atoms with Crippen molar-refractivity contribution in [2.45, 2.75) is 46.1 Å². The van der Waals surface area contributed by atoms with Crippen molar-refractivity contribution < 1.29 is 14.3 Å². The van der Waals surface area contributed by atoms with Crippen molar-refractivity contribution in [1.82, 2.24) is 10.2 Å². The fourth-order valence-corrected chi connectivity index (χ4v) is 2.35. The van der Waals surface area contributed by atoms with Gasteiger partial charge in [-0.2, -0.15) is 5.26 Å². The predicted molar refractivity (Wildman–Crippen MR) is 78.3 cm³/mol. The summed E-state index contributed by atoms with van der Waals surface area (Å²) in [7, 11) is 0. The summed E-state index contributed by atoms with van der Waals surface area (Å²) in [5.41, 5.74) is -0.517. The SMILES string of the molecule is C[C@H]1CCN(C(=O)CC#N)C[C@@H]1CNC(=O)OC(C)(C)C. The number of carbonyl (C=O) groups excluding carboxylic acids is 2. The molecule has 1 saturated heterocycles. The molecular weight excluding hydrogens is 270 g/mol. The van der Waals surface area contributed by atoms with Crippen LogP contribution in [0.5, 0.6) is 0 Å². The fraction of sp³-hybridized carbons (Fsp3) is 0.800. The summed E-state index contributed by atoms with van der Waals surface area (Å²) in [6.45, 7) is 9.32. The van der Waals surface area contributed by atoms with Crippen molar-refractivity contribution in [3.63, 3.8) is 0 Å². The van der Waals surface area contributed by atoms with Gasteiger partial charge in [-0.25, -0.2) is 4.79 Å². The van der Waals surface area contributed by atoms with E-state index >= 15 is 0 Å². The number of alkyl carbamates (subject to hydrolysis) is 1. The second kappa shape index (κ2) is 7.30. The minimum Gasteiger partial charge on any atom is -0.444 e. The van der Waals surface area contributed by atoms with Crippen LogP contribution in [0.3, 0.4) is 0 Å². The summed E-state index contributed by atoms with van der Waals surface area (Å²) < 4.78 is 5.20. The summed E-state index contributed by atoms with van der Waals surface area (Å²) in [5.74, 6) is 0.478. The molecule has 1 heterocycles. The predicted octanol–water partition coefficient (Wildman–Crippen LogP) is 1.91. The first-order valence-corrected chi connectivity index (χ1v) is 7.34. The van der Waals surface area contributed by atoms with E-state index in [2.05, 4.69) is 12.2 Å². The Morgan fingerprint density at radius 3 is 2.67 bits per heavy atom. The molecule has 0 bridgehead atoms. The summed E-state index contributed by atoms with van der Waals surface area (Å²) >= 11 is 0. The molecule has 1 fully saturated rings. The number of hydrogen-bond donors (Lipinski definition) is 1. The van der Waals surface area contributed by atoms with Crippen molar-refractivity contribution in [3.05, 3.63) is 0 Å². The van der Waals surface area contributed by atoms with E-state index in [0.29, 0.717) is 25.6 Å². The molecule has 0 aromatic carbocycles. The molecule has 21 heavy (non-hydrogen) atoms. The summed E-state index contributed by atoms with van der Waals surface area (Å²) in [5, 5.41) is 11.4. The van der Waals surface area contributed by atoms with Gasteiger partial charge in [0, 0.05) is 19.6 Å². The van der Waals surface area contributed by atoms with Gasteiger partial charge in [-0.15, -0.1) is 0 Å². The molecule has 1 N–H and O–H groups in total. The zero-order valence-electron chi connectivity index (χ0n) is 13.3. The highest BCUT2D eigenvalue weighted by Crippen LogP contribution is 2.23. The van der Waals surface area contributed by atoms with E-state index in [1.807, 2.05) is 26.8 Å². The number of rotatable bonds is 3. The lowest BCUT2D eigenvalue weighted by Gasteiger charge is -2.37. The number of nitrogens with zero attached hydrogens (tertiary/aromatic N) is 2. The van der Waals surface area contributed by atoms with Gasteiger partial charge in [0.25, 0.3) is 0 Å². The third-order valence-corrected chi connectivity index (χ3v) is 3.60. The van der Waals surface area contributed by atoms with Crippen LogP contribution in [0.25, 0.3) is 0 Å². The summed E-state index contributed by atoms with van der Waals surface area (Å²) in [4.78, 5) is 25.1. The number of hydrogen-bond acceptors (Lipinski definition) is 4. The van der Waals surface area contributed by atoms with Crippen LogP contribution in [0.4, 0.5) is 4.79 Å². The van der Waals surface area contributed by atoms with Crippen LogP contribution in [0.2, 0.25) is 0 Å². The average molecular weight is 295 g/mol. The van der Waals surface area contributed by atoms with Gasteiger partial charge in [0.05, 0.1) is 6.07 Å². The molecule has 1 aliphatic rings. The molecule has 1 rings (SSSR count). The van der Waals surface area contributed by atoms with Crippen LogP contribution in [-0.4, -0.2) is 42.1 Å². The molecule has 2 atom stereocenters. The van der Waals surface area contributed by atoms with Crippen molar-refractivity contribution >= 4 is 12.0 Å². The van der Waals surface area contributed by atoms with Gasteiger partial charge in [0.1, 0.15) is 12.0 Å². The van der Waals surface area contributed by atoms with Gasteiger partial charge < -0.3 is 15.0 Å². The number of likely N-dealkylation sites (tertiary alicyclic amines) is 1.